The van der Waals surface area contributed by atoms with Crippen LogP contribution in [0.1, 0.15) is 25.0 Å². The summed E-state index contributed by atoms with van der Waals surface area (Å²) < 4.78 is 0. The lowest BCUT2D eigenvalue weighted by Gasteiger charge is -2.25. The topological polar surface area (TPSA) is 25.8 Å². The van der Waals surface area contributed by atoms with Gasteiger partial charge in [-0.25, -0.2) is 9.97 Å². The molecule has 1 aliphatic carbocycles. The zero-order chi connectivity index (χ0) is 38.1. The van der Waals surface area contributed by atoms with E-state index in [0.717, 1.165) is 33.5 Å². The van der Waals surface area contributed by atoms with E-state index in [1.807, 2.05) is 0 Å². The quantitative estimate of drug-likeness (QED) is 0.176. The molecule has 0 aliphatic heterocycles. The summed E-state index contributed by atoms with van der Waals surface area (Å²) in [6.07, 6.45) is 0. The summed E-state index contributed by atoms with van der Waals surface area (Å²) >= 11 is 0. The van der Waals surface area contributed by atoms with Gasteiger partial charge in [-0.3, -0.25) is 0 Å². The van der Waals surface area contributed by atoms with Crippen molar-refractivity contribution in [2.75, 3.05) is 0 Å². The molecular formula is C55H38N2. The molecule has 9 aromatic carbocycles. The molecule has 0 fully saturated rings. The Kier molecular flexibility index (Phi) is 7.55. The molecule has 0 N–H and O–H groups in total. The Hall–Kier alpha value is -7.16. The molecule has 0 amide bonds. The van der Waals surface area contributed by atoms with Crippen molar-refractivity contribution in [1.82, 2.24) is 9.97 Å². The van der Waals surface area contributed by atoms with E-state index in [1.165, 1.54) is 71.4 Å². The fraction of sp³-hybridized carbons (Fsp3) is 0.0545. The van der Waals surface area contributed by atoms with Crippen LogP contribution in [0.2, 0.25) is 0 Å². The Bertz CT molecular complexity index is 3190. The Labute approximate surface area is 332 Å². The van der Waals surface area contributed by atoms with E-state index in [1.54, 1.807) is 0 Å². The Morgan fingerprint density at radius 3 is 1.68 bits per heavy atom. The number of aromatic nitrogens is 2. The molecule has 0 saturated heterocycles. The molecule has 1 aliphatic rings. The average Bonchev–Trinajstić information content (AvgIpc) is 3.52. The van der Waals surface area contributed by atoms with Crippen molar-refractivity contribution in [1.29, 1.82) is 0 Å². The lowest BCUT2D eigenvalue weighted by molar-refractivity contribution is 0.662. The van der Waals surface area contributed by atoms with E-state index in [4.69, 9.17) is 9.97 Å². The maximum Gasteiger partial charge on any atom is 0.161 e. The first-order valence-corrected chi connectivity index (χ1v) is 19.7. The van der Waals surface area contributed by atoms with Gasteiger partial charge in [-0.2, -0.15) is 0 Å². The summed E-state index contributed by atoms with van der Waals surface area (Å²) in [6.45, 7) is 4.77. The number of rotatable bonds is 5. The predicted molar refractivity (Wildman–Crippen MR) is 239 cm³/mol. The van der Waals surface area contributed by atoms with Gasteiger partial charge in [0.25, 0.3) is 0 Å². The molecule has 11 rings (SSSR count). The molecular weight excluding hydrogens is 689 g/mol. The molecule has 0 atom stereocenters. The predicted octanol–water partition coefficient (Wildman–Crippen LogP) is 14.6. The highest BCUT2D eigenvalue weighted by atomic mass is 14.9. The molecule has 0 radical (unpaired) electrons. The van der Waals surface area contributed by atoms with Gasteiger partial charge in [-0.05, 0) is 82.9 Å². The van der Waals surface area contributed by atoms with Crippen LogP contribution in [-0.2, 0) is 5.41 Å². The molecule has 2 heteroatoms. The van der Waals surface area contributed by atoms with Crippen molar-refractivity contribution in [3.8, 4) is 67.3 Å². The van der Waals surface area contributed by atoms with Crippen LogP contribution in [0.15, 0.2) is 194 Å². The smallest absolute Gasteiger partial charge is 0.161 e. The van der Waals surface area contributed by atoms with E-state index >= 15 is 0 Å². The van der Waals surface area contributed by atoms with E-state index in [0.29, 0.717) is 5.82 Å². The van der Waals surface area contributed by atoms with Crippen molar-refractivity contribution in [3.05, 3.63) is 205 Å². The fourth-order valence-corrected chi connectivity index (χ4v) is 9.37. The second-order valence-electron chi connectivity index (χ2n) is 15.7. The minimum Gasteiger partial charge on any atom is -0.228 e. The number of fused-ring (bicyclic) bond motifs is 7. The van der Waals surface area contributed by atoms with Gasteiger partial charge in [0.2, 0.25) is 0 Å². The minimum absolute atomic E-state index is 0.171. The lowest BCUT2D eigenvalue weighted by atomic mass is 9.78. The first-order chi connectivity index (χ1) is 28.0. The molecule has 10 aromatic rings. The molecule has 2 nitrogen and oxygen atoms in total. The van der Waals surface area contributed by atoms with Crippen LogP contribution in [-0.4, -0.2) is 9.97 Å². The van der Waals surface area contributed by atoms with Crippen molar-refractivity contribution in [2.24, 2.45) is 0 Å². The average molecular weight is 727 g/mol. The summed E-state index contributed by atoms with van der Waals surface area (Å²) in [6, 6.07) is 70.0. The second-order valence-corrected chi connectivity index (χ2v) is 15.7. The molecule has 0 unspecified atom stereocenters. The number of hydrogen-bond donors (Lipinski definition) is 0. The third kappa shape index (κ3) is 5.33. The van der Waals surface area contributed by atoms with Crippen LogP contribution in [0.4, 0.5) is 0 Å². The highest BCUT2D eigenvalue weighted by Crippen LogP contribution is 2.55. The van der Waals surface area contributed by atoms with Crippen LogP contribution in [0, 0.1) is 0 Å². The summed E-state index contributed by atoms with van der Waals surface area (Å²) in [7, 11) is 0. The number of nitrogens with zero attached hydrogens (tertiary/aromatic N) is 2. The van der Waals surface area contributed by atoms with Crippen LogP contribution < -0.4 is 0 Å². The van der Waals surface area contributed by atoms with Crippen molar-refractivity contribution < 1.29 is 0 Å². The first-order valence-electron chi connectivity index (χ1n) is 19.7. The van der Waals surface area contributed by atoms with Crippen molar-refractivity contribution >= 4 is 32.3 Å². The van der Waals surface area contributed by atoms with Gasteiger partial charge in [-0.1, -0.05) is 202 Å². The van der Waals surface area contributed by atoms with E-state index in [-0.39, 0.29) is 5.41 Å². The van der Waals surface area contributed by atoms with Gasteiger partial charge in [0, 0.05) is 22.1 Å². The first kappa shape index (κ1) is 33.2. The normalized spacial score (nSPS) is 12.9. The Morgan fingerprint density at radius 2 is 0.895 bits per heavy atom. The summed E-state index contributed by atoms with van der Waals surface area (Å²) in [5.74, 6) is 0.715. The zero-order valence-electron chi connectivity index (χ0n) is 31.9. The number of hydrogen-bond acceptors (Lipinski definition) is 2. The van der Waals surface area contributed by atoms with E-state index < -0.39 is 0 Å². The molecule has 0 spiro atoms. The number of benzene rings is 9. The maximum absolute atomic E-state index is 5.39. The van der Waals surface area contributed by atoms with Gasteiger partial charge in [-0.15, -0.1) is 0 Å². The highest BCUT2D eigenvalue weighted by Gasteiger charge is 2.38. The Morgan fingerprint density at radius 1 is 0.351 bits per heavy atom. The van der Waals surface area contributed by atoms with Gasteiger partial charge in [0.1, 0.15) is 0 Å². The van der Waals surface area contributed by atoms with Crippen molar-refractivity contribution in [3.63, 3.8) is 0 Å². The maximum atomic E-state index is 5.39. The van der Waals surface area contributed by atoms with Gasteiger partial charge in [0.05, 0.1) is 11.4 Å². The largest absolute Gasteiger partial charge is 0.228 e. The van der Waals surface area contributed by atoms with Crippen LogP contribution >= 0.6 is 0 Å². The molecule has 0 bridgehead atoms. The monoisotopic (exact) mass is 726 g/mol. The molecule has 1 heterocycles. The summed E-state index contributed by atoms with van der Waals surface area (Å²) in [4.78, 5) is 10.7. The second kappa shape index (κ2) is 13.0. The SMILES string of the molecule is CC1(C)c2ccc3ccccc3c2-c2cccc(-c3ccc(-c4cc(-c5ccc(-c6ccccc6)cc5)nc(-c5cccc6ccccc56)n4)c4ccccc34)c21. The third-order valence-corrected chi connectivity index (χ3v) is 12.1. The molecule has 1 aromatic heterocycles. The van der Waals surface area contributed by atoms with Crippen LogP contribution in [0.25, 0.3) is 99.6 Å². The fourth-order valence-electron chi connectivity index (χ4n) is 9.37. The summed E-state index contributed by atoms with van der Waals surface area (Å²) in [5, 5.41) is 7.27. The zero-order valence-corrected chi connectivity index (χ0v) is 31.9. The standard InChI is InChI=1S/C55H38N2/c1-55(2)49-33-30-38-17-7-9-20-41(38)52(49)48-25-13-23-46(53(48)55)44-31-32-45(43-22-11-10-21-42(43)44)51-34-50(39-28-26-36(27-29-39)35-14-4-3-5-15-35)56-54(57-51)47-24-12-18-37-16-6-8-19-40(37)47/h3-34H,1-2H3. The lowest BCUT2D eigenvalue weighted by Crippen LogP contribution is -2.16. The van der Waals surface area contributed by atoms with Gasteiger partial charge >= 0.3 is 0 Å². The van der Waals surface area contributed by atoms with Crippen LogP contribution in [0.3, 0.4) is 0 Å². The van der Waals surface area contributed by atoms with Gasteiger partial charge in [0.15, 0.2) is 5.82 Å². The minimum atomic E-state index is -0.171. The van der Waals surface area contributed by atoms with Crippen molar-refractivity contribution in [2.45, 2.75) is 19.3 Å². The third-order valence-electron chi connectivity index (χ3n) is 12.1. The summed E-state index contributed by atoms with van der Waals surface area (Å²) in [5.41, 5.74) is 15.1. The molecule has 57 heavy (non-hydrogen) atoms. The van der Waals surface area contributed by atoms with E-state index in [9.17, 15) is 0 Å². The Balaban J connectivity index is 1.11. The van der Waals surface area contributed by atoms with Crippen LogP contribution in [0.5, 0.6) is 0 Å². The molecule has 0 saturated carbocycles. The highest BCUT2D eigenvalue weighted by molar-refractivity contribution is 6.09. The molecule has 268 valence electrons. The van der Waals surface area contributed by atoms with E-state index in [2.05, 4.69) is 208 Å². The van der Waals surface area contributed by atoms with Gasteiger partial charge < -0.3 is 0 Å².